The first-order chi connectivity index (χ1) is 14.5. The van der Waals surface area contributed by atoms with Crippen molar-refractivity contribution >= 4 is 11.6 Å². The standard InChI is InChI=1S/C27H46ClNO2/c1-18(2)9-8-10-19(3)21-12-13-22-20-17-27(28,29(30)31)24-11-6-7-15-26(24,5)23(20)14-16-25(21,22)4/h18-24H,6-17H2,1-5H3/t19-,20+,21+,22-,23+,24+,25+,26-,27-/m1/s1. The van der Waals surface area contributed by atoms with E-state index in [-0.39, 0.29) is 16.3 Å². The summed E-state index contributed by atoms with van der Waals surface area (Å²) in [6.45, 7) is 12.1. The van der Waals surface area contributed by atoms with E-state index < -0.39 is 5.00 Å². The minimum Gasteiger partial charge on any atom is -0.263 e. The number of hydrogen-bond acceptors (Lipinski definition) is 2. The van der Waals surface area contributed by atoms with E-state index in [0.717, 1.165) is 37.0 Å². The van der Waals surface area contributed by atoms with Crippen molar-refractivity contribution in [3.63, 3.8) is 0 Å². The molecular weight excluding hydrogens is 406 g/mol. The molecule has 4 fully saturated rings. The average molecular weight is 452 g/mol. The molecule has 0 bridgehead atoms. The van der Waals surface area contributed by atoms with Crippen LogP contribution in [0.25, 0.3) is 0 Å². The van der Waals surface area contributed by atoms with Crippen molar-refractivity contribution in [3.8, 4) is 0 Å². The van der Waals surface area contributed by atoms with E-state index in [1.54, 1.807) is 0 Å². The number of nitrogens with zero attached hydrogens (tertiary/aromatic N) is 1. The highest BCUT2D eigenvalue weighted by Crippen LogP contribution is 2.70. The molecule has 4 rings (SSSR count). The van der Waals surface area contributed by atoms with Crippen LogP contribution in [0.15, 0.2) is 0 Å². The van der Waals surface area contributed by atoms with Gasteiger partial charge < -0.3 is 0 Å². The van der Waals surface area contributed by atoms with Gasteiger partial charge in [-0.2, -0.15) is 0 Å². The maximum absolute atomic E-state index is 12.3. The fourth-order valence-electron chi connectivity index (χ4n) is 9.62. The number of halogens is 1. The third kappa shape index (κ3) is 3.77. The number of hydrogen-bond donors (Lipinski definition) is 0. The minimum atomic E-state index is -1.24. The molecule has 4 aliphatic rings. The molecule has 9 atom stereocenters. The zero-order valence-electron chi connectivity index (χ0n) is 20.7. The van der Waals surface area contributed by atoms with Crippen molar-refractivity contribution in [2.75, 3.05) is 0 Å². The summed E-state index contributed by atoms with van der Waals surface area (Å²) < 4.78 is 0. The zero-order valence-corrected chi connectivity index (χ0v) is 21.4. The Bertz CT molecular complexity index is 682. The Labute approximate surface area is 195 Å². The second kappa shape index (κ2) is 8.48. The minimum absolute atomic E-state index is 0.0446. The van der Waals surface area contributed by atoms with Crippen LogP contribution in [0.4, 0.5) is 0 Å². The Kier molecular flexibility index (Phi) is 6.52. The summed E-state index contributed by atoms with van der Waals surface area (Å²) in [4.78, 5) is 11.0. The molecule has 31 heavy (non-hydrogen) atoms. The van der Waals surface area contributed by atoms with Crippen LogP contribution >= 0.6 is 11.6 Å². The predicted octanol–water partition coefficient (Wildman–Crippen LogP) is 8.32. The van der Waals surface area contributed by atoms with Crippen molar-refractivity contribution in [1.82, 2.24) is 0 Å². The van der Waals surface area contributed by atoms with Gasteiger partial charge in [0.1, 0.15) is 0 Å². The Morgan fingerprint density at radius 1 is 0.968 bits per heavy atom. The lowest BCUT2D eigenvalue weighted by Gasteiger charge is -2.62. The van der Waals surface area contributed by atoms with Gasteiger partial charge in [0.15, 0.2) is 0 Å². The quantitative estimate of drug-likeness (QED) is 0.176. The van der Waals surface area contributed by atoms with Crippen LogP contribution in [0, 0.1) is 62.4 Å². The van der Waals surface area contributed by atoms with Crippen molar-refractivity contribution in [2.45, 2.75) is 117 Å². The Hall–Kier alpha value is -0.310. The summed E-state index contributed by atoms with van der Waals surface area (Å²) in [7, 11) is 0. The van der Waals surface area contributed by atoms with Crippen LogP contribution in [0.3, 0.4) is 0 Å². The number of fused-ring (bicyclic) bond motifs is 5. The highest BCUT2D eigenvalue weighted by Gasteiger charge is 2.69. The summed E-state index contributed by atoms with van der Waals surface area (Å²) in [6.07, 6.45) is 14.2. The van der Waals surface area contributed by atoms with E-state index in [9.17, 15) is 10.1 Å². The lowest BCUT2D eigenvalue weighted by molar-refractivity contribution is -0.567. The Morgan fingerprint density at radius 3 is 2.35 bits per heavy atom. The van der Waals surface area contributed by atoms with Gasteiger partial charge in [-0.15, -0.1) is 0 Å². The topological polar surface area (TPSA) is 43.1 Å². The van der Waals surface area contributed by atoms with Crippen LogP contribution in [0.2, 0.25) is 0 Å². The first kappa shape index (κ1) is 23.8. The maximum Gasteiger partial charge on any atom is 0.298 e. The number of rotatable bonds is 6. The summed E-state index contributed by atoms with van der Waals surface area (Å²) in [5.74, 6) is 4.09. The van der Waals surface area contributed by atoms with Crippen molar-refractivity contribution in [1.29, 1.82) is 0 Å². The third-order valence-corrected chi connectivity index (χ3v) is 11.7. The van der Waals surface area contributed by atoms with Gasteiger partial charge in [0.25, 0.3) is 5.00 Å². The lowest BCUT2D eigenvalue weighted by Crippen LogP contribution is -2.62. The Morgan fingerprint density at radius 2 is 1.68 bits per heavy atom. The molecule has 0 aromatic rings. The van der Waals surface area contributed by atoms with Crippen LogP contribution < -0.4 is 0 Å². The highest BCUT2D eigenvalue weighted by molar-refractivity contribution is 6.23. The Balaban J connectivity index is 1.58. The summed E-state index contributed by atoms with van der Waals surface area (Å²) in [5, 5.41) is 12.3. The van der Waals surface area contributed by atoms with Gasteiger partial charge in [-0.25, -0.2) is 0 Å². The molecule has 0 spiro atoms. The van der Waals surface area contributed by atoms with Crippen LogP contribution in [-0.2, 0) is 0 Å². The summed E-state index contributed by atoms with van der Waals surface area (Å²) >= 11 is 7.03. The van der Waals surface area contributed by atoms with Crippen molar-refractivity contribution in [3.05, 3.63) is 10.1 Å². The smallest absolute Gasteiger partial charge is 0.263 e. The average Bonchev–Trinajstić information content (AvgIpc) is 3.05. The number of nitro groups is 1. The molecule has 4 aliphatic carbocycles. The van der Waals surface area contributed by atoms with Gasteiger partial charge in [0.2, 0.25) is 0 Å². The van der Waals surface area contributed by atoms with E-state index in [4.69, 9.17) is 11.6 Å². The predicted molar refractivity (Wildman–Crippen MR) is 129 cm³/mol. The lowest BCUT2D eigenvalue weighted by atomic mass is 9.43. The number of alkyl halides is 1. The van der Waals surface area contributed by atoms with Crippen molar-refractivity contribution in [2.24, 2.45) is 52.3 Å². The molecule has 0 unspecified atom stereocenters. The fraction of sp³-hybridized carbons (Fsp3) is 1.00. The van der Waals surface area contributed by atoms with E-state index >= 15 is 0 Å². The van der Waals surface area contributed by atoms with E-state index in [0.29, 0.717) is 29.6 Å². The molecule has 3 nitrogen and oxygen atoms in total. The molecule has 0 heterocycles. The zero-order chi connectivity index (χ0) is 22.6. The summed E-state index contributed by atoms with van der Waals surface area (Å²) in [6, 6.07) is 0. The third-order valence-electron chi connectivity index (χ3n) is 11.1. The van der Waals surface area contributed by atoms with Gasteiger partial charge in [-0.05, 0) is 96.5 Å². The SMILES string of the molecule is CC(C)CCC[C@@H](C)[C@@H]1CC[C@@H]2[C@@H]3C[C@@](Cl)([N+](=O)[O-])[C@H]4CCCC[C@]4(C)[C@H]3CC[C@]21C. The molecule has 0 amide bonds. The van der Waals surface area contributed by atoms with Gasteiger partial charge in [0.05, 0.1) is 5.92 Å². The molecule has 0 aromatic carbocycles. The maximum atomic E-state index is 12.3. The first-order valence-corrected chi connectivity index (χ1v) is 13.7. The molecule has 0 aromatic heterocycles. The largest absolute Gasteiger partial charge is 0.298 e. The van der Waals surface area contributed by atoms with Crippen molar-refractivity contribution < 1.29 is 4.92 Å². The van der Waals surface area contributed by atoms with Crippen LogP contribution in [0.5, 0.6) is 0 Å². The second-order valence-electron chi connectivity index (χ2n) is 13.0. The molecular formula is C27H46ClNO2. The normalized spacial score (nSPS) is 48.0. The molecule has 0 N–H and O–H groups in total. The molecule has 0 radical (unpaired) electrons. The highest BCUT2D eigenvalue weighted by atomic mass is 35.5. The molecule has 0 saturated heterocycles. The fourth-order valence-corrected chi connectivity index (χ4v) is 10.2. The van der Waals surface area contributed by atoms with Crippen LogP contribution in [-0.4, -0.2) is 9.92 Å². The molecule has 178 valence electrons. The van der Waals surface area contributed by atoms with Gasteiger partial charge in [-0.1, -0.05) is 66.7 Å². The first-order valence-electron chi connectivity index (χ1n) is 13.4. The molecule has 0 aliphatic heterocycles. The molecule has 4 heteroatoms. The second-order valence-corrected chi connectivity index (χ2v) is 13.6. The van der Waals surface area contributed by atoms with Gasteiger partial charge >= 0.3 is 0 Å². The van der Waals surface area contributed by atoms with E-state index in [1.807, 2.05) is 0 Å². The monoisotopic (exact) mass is 451 g/mol. The van der Waals surface area contributed by atoms with Crippen LogP contribution in [0.1, 0.15) is 112 Å². The van der Waals surface area contributed by atoms with E-state index in [2.05, 4.69) is 34.6 Å². The van der Waals surface area contributed by atoms with E-state index in [1.165, 1.54) is 51.4 Å². The van der Waals surface area contributed by atoms with Gasteiger partial charge in [0, 0.05) is 11.3 Å². The summed E-state index contributed by atoms with van der Waals surface area (Å²) in [5.41, 5.74) is 0.406. The molecule has 4 saturated carbocycles. The van der Waals surface area contributed by atoms with Gasteiger partial charge in [-0.3, -0.25) is 10.1 Å².